The molecule has 1 aliphatic rings. The fourth-order valence-corrected chi connectivity index (χ4v) is 2.20. The SMILES string of the molecule is CN1CCCCC1COc1cccc(C#N)c1. The number of ether oxygens (including phenoxy) is 1. The van der Waals surface area contributed by atoms with Crippen LogP contribution in [0.15, 0.2) is 24.3 Å². The molecule has 0 radical (unpaired) electrons. The molecule has 1 atom stereocenters. The molecule has 3 heteroatoms. The molecular formula is C14H18N2O. The average molecular weight is 230 g/mol. The van der Waals surface area contributed by atoms with Crippen LogP contribution in [0.1, 0.15) is 24.8 Å². The van der Waals surface area contributed by atoms with Gasteiger partial charge in [-0.25, -0.2) is 0 Å². The molecule has 0 spiro atoms. The molecular weight excluding hydrogens is 212 g/mol. The lowest BCUT2D eigenvalue weighted by atomic mass is 10.0. The van der Waals surface area contributed by atoms with Crippen molar-refractivity contribution in [2.24, 2.45) is 0 Å². The van der Waals surface area contributed by atoms with Gasteiger partial charge in [0.15, 0.2) is 0 Å². The van der Waals surface area contributed by atoms with Crippen LogP contribution in [0.25, 0.3) is 0 Å². The van der Waals surface area contributed by atoms with Crippen molar-refractivity contribution in [1.29, 1.82) is 5.26 Å². The summed E-state index contributed by atoms with van der Waals surface area (Å²) in [5.41, 5.74) is 0.652. The average Bonchev–Trinajstić information content (AvgIpc) is 2.38. The number of benzene rings is 1. The van der Waals surface area contributed by atoms with Gasteiger partial charge in [0, 0.05) is 6.04 Å². The second-order valence-corrected chi connectivity index (χ2v) is 4.58. The molecule has 3 nitrogen and oxygen atoms in total. The zero-order valence-electron chi connectivity index (χ0n) is 10.2. The molecule has 2 rings (SSSR count). The molecule has 1 aromatic carbocycles. The molecule has 0 aromatic heterocycles. The lowest BCUT2D eigenvalue weighted by Gasteiger charge is -2.32. The predicted molar refractivity (Wildman–Crippen MR) is 66.9 cm³/mol. The number of nitriles is 1. The first-order chi connectivity index (χ1) is 8.29. The van der Waals surface area contributed by atoms with Crippen molar-refractivity contribution < 1.29 is 4.74 Å². The minimum atomic E-state index is 0.509. The Labute approximate surface area is 103 Å². The third kappa shape index (κ3) is 3.21. The molecule has 1 heterocycles. The van der Waals surface area contributed by atoms with Gasteiger partial charge in [0.25, 0.3) is 0 Å². The van der Waals surface area contributed by atoms with Crippen molar-refractivity contribution in [1.82, 2.24) is 4.90 Å². The summed E-state index contributed by atoms with van der Waals surface area (Å²) in [6.45, 7) is 1.87. The minimum Gasteiger partial charge on any atom is -0.492 e. The van der Waals surface area contributed by atoms with E-state index < -0.39 is 0 Å². The molecule has 17 heavy (non-hydrogen) atoms. The zero-order valence-corrected chi connectivity index (χ0v) is 10.2. The Balaban J connectivity index is 1.90. The maximum atomic E-state index is 8.81. The van der Waals surface area contributed by atoms with Gasteiger partial charge < -0.3 is 9.64 Å². The quantitative estimate of drug-likeness (QED) is 0.800. The van der Waals surface area contributed by atoms with Crippen LogP contribution in [0, 0.1) is 11.3 Å². The van der Waals surface area contributed by atoms with Crippen molar-refractivity contribution in [2.75, 3.05) is 20.2 Å². The first-order valence-electron chi connectivity index (χ1n) is 6.13. The van der Waals surface area contributed by atoms with E-state index in [9.17, 15) is 0 Å². The third-order valence-corrected chi connectivity index (χ3v) is 3.33. The summed E-state index contributed by atoms with van der Waals surface area (Å²) in [5, 5.41) is 8.81. The van der Waals surface area contributed by atoms with Crippen molar-refractivity contribution >= 4 is 0 Å². The van der Waals surface area contributed by atoms with E-state index in [1.165, 1.54) is 19.3 Å². The van der Waals surface area contributed by atoms with Crippen LogP contribution >= 0.6 is 0 Å². The molecule has 0 aliphatic carbocycles. The van der Waals surface area contributed by atoms with Crippen LogP contribution < -0.4 is 4.74 Å². The molecule has 0 N–H and O–H groups in total. The van der Waals surface area contributed by atoms with Crippen LogP contribution in [-0.4, -0.2) is 31.1 Å². The Kier molecular flexibility index (Phi) is 4.00. The minimum absolute atomic E-state index is 0.509. The van der Waals surface area contributed by atoms with Crippen LogP contribution in [0.3, 0.4) is 0 Å². The lowest BCUT2D eigenvalue weighted by molar-refractivity contribution is 0.125. The standard InChI is InChI=1S/C14H18N2O/c1-16-8-3-2-6-13(16)11-17-14-7-4-5-12(9-14)10-15/h4-5,7,9,13H,2-3,6,8,11H2,1H3. The number of likely N-dealkylation sites (tertiary alicyclic amines) is 1. The van der Waals surface area contributed by atoms with E-state index >= 15 is 0 Å². The molecule has 0 amide bonds. The van der Waals surface area contributed by atoms with E-state index in [-0.39, 0.29) is 0 Å². The maximum Gasteiger partial charge on any atom is 0.120 e. The molecule has 0 saturated carbocycles. The lowest BCUT2D eigenvalue weighted by Crippen LogP contribution is -2.40. The van der Waals surface area contributed by atoms with Crippen LogP contribution in [0.2, 0.25) is 0 Å². The highest BCUT2D eigenvalue weighted by Crippen LogP contribution is 2.18. The van der Waals surface area contributed by atoms with Gasteiger partial charge in [0.1, 0.15) is 12.4 Å². The normalized spacial score (nSPS) is 20.8. The summed E-state index contributed by atoms with van der Waals surface area (Å²) >= 11 is 0. The second-order valence-electron chi connectivity index (χ2n) is 4.58. The molecule has 90 valence electrons. The fourth-order valence-electron chi connectivity index (χ4n) is 2.20. The highest BCUT2D eigenvalue weighted by molar-refractivity contribution is 5.36. The number of hydrogen-bond donors (Lipinski definition) is 0. The first kappa shape index (κ1) is 11.9. The van der Waals surface area contributed by atoms with Crippen molar-refractivity contribution in [2.45, 2.75) is 25.3 Å². The van der Waals surface area contributed by atoms with Gasteiger partial charge in [-0.05, 0) is 44.6 Å². The van der Waals surface area contributed by atoms with E-state index in [2.05, 4.69) is 18.0 Å². The van der Waals surface area contributed by atoms with Gasteiger partial charge in [-0.2, -0.15) is 5.26 Å². The Morgan fingerprint density at radius 1 is 1.47 bits per heavy atom. The number of likely N-dealkylation sites (N-methyl/N-ethyl adjacent to an activating group) is 1. The largest absolute Gasteiger partial charge is 0.492 e. The van der Waals surface area contributed by atoms with Crippen molar-refractivity contribution in [3.63, 3.8) is 0 Å². The summed E-state index contributed by atoms with van der Waals surface area (Å²) in [7, 11) is 2.15. The monoisotopic (exact) mass is 230 g/mol. The van der Waals surface area contributed by atoms with E-state index in [1.807, 2.05) is 12.1 Å². The molecule has 1 fully saturated rings. The van der Waals surface area contributed by atoms with Crippen LogP contribution in [0.4, 0.5) is 0 Å². The van der Waals surface area contributed by atoms with Gasteiger partial charge in [0.05, 0.1) is 11.6 Å². The van der Waals surface area contributed by atoms with Gasteiger partial charge >= 0.3 is 0 Å². The van der Waals surface area contributed by atoms with Crippen LogP contribution in [0.5, 0.6) is 5.75 Å². The number of rotatable bonds is 3. The summed E-state index contributed by atoms with van der Waals surface area (Å²) in [6, 6.07) is 9.98. The second kappa shape index (κ2) is 5.70. The van der Waals surface area contributed by atoms with Gasteiger partial charge in [-0.1, -0.05) is 12.5 Å². The molecule has 0 bridgehead atoms. The summed E-state index contributed by atoms with van der Waals surface area (Å²) in [6.07, 6.45) is 3.78. The van der Waals surface area contributed by atoms with E-state index in [0.717, 1.165) is 12.3 Å². The molecule has 1 aromatic rings. The fraction of sp³-hybridized carbons (Fsp3) is 0.500. The summed E-state index contributed by atoms with van der Waals surface area (Å²) < 4.78 is 5.77. The van der Waals surface area contributed by atoms with Crippen molar-refractivity contribution in [3.05, 3.63) is 29.8 Å². The molecule has 1 aliphatic heterocycles. The van der Waals surface area contributed by atoms with Crippen molar-refractivity contribution in [3.8, 4) is 11.8 Å². The first-order valence-corrected chi connectivity index (χ1v) is 6.13. The highest BCUT2D eigenvalue weighted by Gasteiger charge is 2.19. The van der Waals surface area contributed by atoms with Gasteiger partial charge in [0.2, 0.25) is 0 Å². The summed E-state index contributed by atoms with van der Waals surface area (Å²) in [4.78, 5) is 2.36. The van der Waals surface area contributed by atoms with Gasteiger partial charge in [-0.3, -0.25) is 0 Å². The Bertz CT molecular complexity index is 411. The van der Waals surface area contributed by atoms with Crippen LogP contribution in [-0.2, 0) is 0 Å². The Morgan fingerprint density at radius 2 is 2.35 bits per heavy atom. The Hall–Kier alpha value is -1.53. The maximum absolute atomic E-state index is 8.81. The van der Waals surface area contributed by atoms with E-state index in [0.29, 0.717) is 18.2 Å². The predicted octanol–water partition coefficient (Wildman–Crippen LogP) is 2.42. The topological polar surface area (TPSA) is 36.3 Å². The summed E-state index contributed by atoms with van der Waals surface area (Å²) in [5.74, 6) is 0.794. The zero-order chi connectivity index (χ0) is 12.1. The number of piperidine rings is 1. The third-order valence-electron chi connectivity index (χ3n) is 3.33. The number of nitrogens with zero attached hydrogens (tertiary/aromatic N) is 2. The highest BCUT2D eigenvalue weighted by atomic mass is 16.5. The number of hydrogen-bond acceptors (Lipinski definition) is 3. The smallest absolute Gasteiger partial charge is 0.120 e. The molecule has 1 saturated heterocycles. The van der Waals surface area contributed by atoms with Gasteiger partial charge in [-0.15, -0.1) is 0 Å². The molecule has 1 unspecified atom stereocenters. The van der Waals surface area contributed by atoms with E-state index in [1.54, 1.807) is 12.1 Å². The van der Waals surface area contributed by atoms with E-state index in [4.69, 9.17) is 10.00 Å². The Morgan fingerprint density at radius 3 is 3.12 bits per heavy atom.